The fraction of sp³-hybridized carbons (Fsp3) is 0.471. The van der Waals surface area contributed by atoms with Gasteiger partial charge in [-0.3, -0.25) is 0 Å². The lowest BCUT2D eigenvalue weighted by Crippen LogP contribution is -2.17. The van der Waals surface area contributed by atoms with Crippen LogP contribution in [0.25, 0.3) is 0 Å². The van der Waals surface area contributed by atoms with Crippen molar-refractivity contribution < 1.29 is 0 Å². The van der Waals surface area contributed by atoms with E-state index in [1.165, 1.54) is 51.5 Å². The van der Waals surface area contributed by atoms with Crippen LogP contribution in [0.1, 0.15) is 51.0 Å². The summed E-state index contributed by atoms with van der Waals surface area (Å²) in [6, 6.07) is 6.77. The van der Waals surface area contributed by atoms with E-state index in [1.54, 1.807) is 0 Å². The van der Waals surface area contributed by atoms with E-state index < -0.39 is 0 Å². The largest absolute Gasteiger partial charge is 0.330 e. The zero-order valence-electron chi connectivity index (χ0n) is 12.3. The first kappa shape index (κ1) is 13.8. The van der Waals surface area contributed by atoms with E-state index in [4.69, 9.17) is 10.7 Å². The highest BCUT2D eigenvalue weighted by molar-refractivity contribution is 7.11. The number of rotatable bonds is 3. The first-order valence-corrected chi connectivity index (χ1v) is 8.23. The van der Waals surface area contributed by atoms with Gasteiger partial charge in [0.1, 0.15) is 0 Å². The quantitative estimate of drug-likeness (QED) is 0.933. The lowest BCUT2D eigenvalue weighted by molar-refractivity contribution is 0.553. The molecule has 1 unspecified atom stereocenters. The summed E-state index contributed by atoms with van der Waals surface area (Å²) >= 11 is 1.89. The molecule has 2 aromatic rings. The number of nitrogens with two attached hydrogens (primary N) is 1. The summed E-state index contributed by atoms with van der Waals surface area (Å²) in [6.07, 6.45) is 4.62. The molecule has 1 aliphatic carbocycles. The molecule has 2 N–H and O–H groups in total. The van der Waals surface area contributed by atoms with Crippen LogP contribution >= 0.6 is 11.3 Å². The number of hydrogen-bond acceptors (Lipinski definition) is 3. The Kier molecular flexibility index (Phi) is 3.90. The van der Waals surface area contributed by atoms with Crippen molar-refractivity contribution in [3.05, 3.63) is 50.5 Å². The lowest BCUT2D eigenvalue weighted by atomic mass is 9.91. The first-order chi connectivity index (χ1) is 9.65. The summed E-state index contributed by atoms with van der Waals surface area (Å²) in [6.45, 7) is 5.06. The molecule has 1 atom stereocenters. The first-order valence-electron chi connectivity index (χ1n) is 7.41. The van der Waals surface area contributed by atoms with Crippen LogP contribution in [0.4, 0.5) is 0 Å². The van der Waals surface area contributed by atoms with Crippen LogP contribution in [0, 0.1) is 13.8 Å². The van der Waals surface area contributed by atoms with Gasteiger partial charge in [0.25, 0.3) is 0 Å². The van der Waals surface area contributed by atoms with Crippen LogP contribution in [0.15, 0.2) is 18.2 Å². The summed E-state index contributed by atoms with van der Waals surface area (Å²) in [4.78, 5) is 6.37. The van der Waals surface area contributed by atoms with Gasteiger partial charge in [0, 0.05) is 23.8 Å². The molecule has 1 aromatic heterocycles. The maximum atomic E-state index is 5.88. The highest BCUT2D eigenvalue weighted by Gasteiger charge is 2.23. The van der Waals surface area contributed by atoms with Crippen molar-refractivity contribution in [1.82, 2.24) is 4.98 Å². The maximum Gasteiger partial charge on any atom is 0.0975 e. The van der Waals surface area contributed by atoms with Gasteiger partial charge in [-0.1, -0.05) is 29.3 Å². The fourth-order valence-electron chi connectivity index (χ4n) is 3.21. The van der Waals surface area contributed by atoms with Crippen molar-refractivity contribution in [3.8, 4) is 0 Å². The summed E-state index contributed by atoms with van der Waals surface area (Å²) < 4.78 is 0. The van der Waals surface area contributed by atoms with Crippen molar-refractivity contribution >= 4 is 11.3 Å². The third-order valence-electron chi connectivity index (χ3n) is 4.04. The fourth-order valence-corrected chi connectivity index (χ4v) is 4.44. The van der Waals surface area contributed by atoms with Gasteiger partial charge in [0.15, 0.2) is 0 Å². The second-order valence-electron chi connectivity index (χ2n) is 5.91. The van der Waals surface area contributed by atoms with Gasteiger partial charge >= 0.3 is 0 Å². The van der Waals surface area contributed by atoms with Crippen LogP contribution in [-0.2, 0) is 12.8 Å². The molecule has 1 heterocycles. The topological polar surface area (TPSA) is 38.9 Å². The molecule has 106 valence electrons. The SMILES string of the molecule is Cc1cc(C)cc(Cc2nc3c(s2)CCCC3CN)c1. The zero-order chi connectivity index (χ0) is 14.1. The molecular formula is C17H22N2S. The average molecular weight is 286 g/mol. The van der Waals surface area contributed by atoms with Crippen LogP contribution in [-0.4, -0.2) is 11.5 Å². The normalized spacial score (nSPS) is 18.1. The molecule has 0 saturated heterocycles. The summed E-state index contributed by atoms with van der Waals surface area (Å²) in [5.74, 6) is 0.489. The minimum absolute atomic E-state index is 0.489. The molecule has 0 radical (unpaired) electrons. The van der Waals surface area contributed by atoms with E-state index in [1.807, 2.05) is 11.3 Å². The number of fused-ring (bicyclic) bond motifs is 1. The monoisotopic (exact) mass is 286 g/mol. The molecule has 0 saturated carbocycles. The summed E-state index contributed by atoms with van der Waals surface area (Å²) in [5, 5.41) is 1.25. The van der Waals surface area contributed by atoms with Gasteiger partial charge in [-0.15, -0.1) is 11.3 Å². The van der Waals surface area contributed by atoms with Gasteiger partial charge in [-0.2, -0.15) is 0 Å². The van der Waals surface area contributed by atoms with Crippen LogP contribution < -0.4 is 5.73 Å². The van der Waals surface area contributed by atoms with Gasteiger partial charge in [0.05, 0.1) is 10.7 Å². The number of aryl methyl sites for hydroxylation is 3. The van der Waals surface area contributed by atoms with Gasteiger partial charge < -0.3 is 5.73 Å². The van der Waals surface area contributed by atoms with Crippen molar-refractivity contribution in [1.29, 1.82) is 0 Å². The Morgan fingerprint density at radius 3 is 2.70 bits per heavy atom. The molecule has 2 nitrogen and oxygen atoms in total. The number of nitrogens with zero attached hydrogens (tertiary/aromatic N) is 1. The van der Waals surface area contributed by atoms with Crippen LogP contribution in [0.5, 0.6) is 0 Å². The van der Waals surface area contributed by atoms with E-state index in [0.29, 0.717) is 5.92 Å². The second kappa shape index (κ2) is 5.66. The molecule has 0 fully saturated rings. The third-order valence-corrected chi connectivity index (χ3v) is 5.17. The van der Waals surface area contributed by atoms with Crippen molar-refractivity contribution in [2.75, 3.05) is 6.54 Å². The highest BCUT2D eigenvalue weighted by Crippen LogP contribution is 2.34. The highest BCUT2D eigenvalue weighted by atomic mass is 32.1. The van der Waals surface area contributed by atoms with Gasteiger partial charge in [0.2, 0.25) is 0 Å². The maximum absolute atomic E-state index is 5.88. The number of hydrogen-bond donors (Lipinski definition) is 1. The summed E-state index contributed by atoms with van der Waals surface area (Å²) in [5.41, 5.74) is 11.2. The van der Waals surface area contributed by atoms with E-state index in [9.17, 15) is 0 Å². The van der Waals surface area contributed by atoms with Crippen LogP contribution in [0.3, 0.4) is 0 Å². The molecule has 0 bridgehead atoms. The van der Waals surface area contributed by atoms with E-state index >= 15 is 0 Å². The molecule has 20 heavy (non-hydrogen) atoms. The van der Waals surface area contributed by atoms with E-state index in [0.717, 1.165) is 13.0 Å². The number of aromatic nitrogens is 1. The minimum Gasteiger partial charge on any atom is -0.330 e. The van der Waals surface area contributed by atoms with Gasteiger partial charge in [-0.25, -0.2) is 4.98 Å². The molecule has 0 amide bonds. The Morgan fingerprint density at radius 1 is 1.25 bits per heavy atom. The third kappa shape index (κ3) is 2.79. The zero-order valence-corrected chi connectivity index (χ0v) is 13.1. The van der Waals surface area contributed by atoms with E-state index in [-0.39, 0.29) is 0 Å². The Hall–Kier alpha value is -1.19. The molecule has 3 rings (SSSR count). The van der Waals surface area contributed by atoms with Crippen molar-refractivity contribution in [3.63, 3.8) is 0 Å². The van der Waals surface area contributed by atoms with Crippen molar-refractivity contribution in [2.45, 2.75) is 45.4 Å². The molecule has 0 aliphatic heterocycles. The Bertz CT molecular complexity index is 595. The molecule has 1 aliphatic rings. The Labute approximate surface area is 125 Å². The molecule has 0 spiro atoms. The molecular weight excluding hydrogens is 264 g/mol. The average Bonchev–Trinajstić information content (AvgIpc) is 2.79. The van der Waals surface area contributed by atoms with Crippen molar-refractivity contribution in [2.24, 2.45) is 5.73 Å². The lowest BCUT2D eigenvalue weighted by Gasteiger charge is -2.18. The van der Waals surface area contributed by atoms with Crippen LogP contribution in [0.2, 0.25) is 0 Å². The predicted octanol–water partition coefficient (Wildman–Crippen LogP) is 3.73. The molecule has 3 heteroatoms. The minimum atomic E-state index is 0.489. The number of thiazole rings is 1. The Morgan fingerprint density at radius 2 is 2.00 bits per heavy atom. The number of benzene rings is 1. The Balaban J connectivity index is 1.86. The standard InChI is InChI=1S/C17H22N2S/c1-11-6-12(2)8-13(7-11)9-16-19-17-14(10-18)4-3-5-15(17)20-16/h6-8,14H,3-5,9-10,18H2,1-2H3. The van der Waals surface area contributed by atoms with Gasteiger partial charge in [-0.05, 0) is 38.7 Å². The molecule has 1 aromatic carbocycles. The van der Waals surface area contributed by atoms with E-state index in [2.05, 4.69) is 32.0 Å². The second-order valence-corrected chi connectivity index (χ2v) is 7.08. The predicted molar refractivity (Wildman–Crippen MR) is 85.6 cm³/mol. The smallest absolute Gasteiger partial charge is 0.0975 e. The summed E-state index contributed by atoms with van der Waals surface area (Å²) in [7, 11) is 0.